The van der Waals surface area contributed by atoms with Gasteiger partial charge in [0.05, 0.1) is 30.8 Å². The first kappa shape index (κ1) is 35.7. The number of hydrogen-bond acceptors (Lipinski definition) is 7. The summed E-state index contributed by atoms with van der Waals surface area (Å²) in [5.41, 5.74) is 0.662. The Kier molecular flexibility index (Phi) is 14.9. The molecule has 1 saturated carbocycles. The van der Waals surface area contributed by atoms with Gasteiger partial charge in [-0.05, 0) is 71.3 Å². The van der Waals surface area contributed by atoms with Gasteiger partial charge in [0, 0.05) is 25.0 Å². The van der Waals surface area contributed by atoms with E-state index in [1.165, 1.54) is 12.8 Å². The summed E-state index contributed by atoms with van der Waals surface area (Å²) >= 11 is 0. The van der Waals surface area contributed by atoms with Crippen molar-refractivity contribution in [3.63, 3.8) is 0 Å². The molecule has 5 unspecified atom stereocenters. The van der Waals surface area contributed by atoms with Crippen molar-refractivity contribution < 1.29 is 29.6 Å². The number of aliphatic hydroxyl groups excluding tert-OH is 1. The minimum atomic E-state index is -0.879. The molecule has 2 fully saturated rings. The zero-order valence-corrected chi connectivity index (χ0v) is 26.4. The lowest BCUT2D eigenvalue weighted by Gasteiger charge is -2.47. The van der Waals surface area contributed by atoms with E-state index in [1.54, 1.807) is 20.8 Å². The van der Waals surface area contributed by atoms with Crippen molar-refractivity contribution >= 4 is 17.7 Å². The second kappa shape index (κ2) is 17.6. The van der Waals surface area contributed by atoms with Gasteiger partial charge in [-0.1, -0.05) is 56.5 Å². The Morgan fingerprint density at radius 1 is 1.05 bits per heavy atom. The number of piperidine rings is 1. The summed E-state index contributed by atoms with van der Waals surface area (Å²) in [7, 11) is 0. The highest BCUT2D eigenvalue weighted by atomic mass is 17.1. The molecule has 0 radical (unpaired) electrons. The largest absolute Gasteiger partial charge is 0.390 e. The van der Waals surface area contributed by atoms with Gasteiger partial charge in [-0.2, -0.15) is 0 Å². The number of likely N-dealkylation sites (tertiary alicyclic amines) is 1. The van der Waals surface area contributed by atoms with Crippen LogP contribution in [0.3, 0.4) is 0 Å². The summed E-state index contributed by atoms with van der Waals surface area (Å²) in [6, 6.07) is 8.89. The second-order valence-electron chi connectivity index (χ2n) is 13.0. The Hall–Kier alpha value is -2.53. The normalized spacial score (nSPS) is 22.2. The molecule has 3 rings (SSSR count). The van der Waals surface area contributed by atoms with Crippen LogP contribution in [0.4, 0.5) is 0 Å². The van der Waals surface area contributed by atoms with Crippen molar-refractivity contribution in [3.8, 4) is 0 Å². The summed E-state index contributed by atoms with van der Waals surface area (Å²) < 4.78 is 0. The molecule has 0 spiro atoms. The highest BCUT2D eigenvalue weighted by Crippen LogP contribution is 2.39. The van der Waals surface area contributed by atoms with Crippen molar-refractivity contribution in [3.05, 3.63) is 35.9 Å². The summed E-state index contributed by atoms with van der Waals surface area (Å²) in [6.45, 7) is 12.1. The molecule has 1 aliphatic carbocycles. The Labute approximate surface area is 251 Å². The van der Waals surface area contributed by atoms with Gasteiger partial charge in [0.15, 0.2) is 0 Å². The molecule has 3 amide bonds. The van der Waals surface area contributed by atoms with E-state index in [1.807, 2.05) is 51.1 Å². The van der Waals surface area contributed by atoms with Crippen LogP contribution in [0.15, 0.2) is 30.3 Å². The van der Waals surface area contributed by atoms with Crippen LogP contribution in [0.5, 0.6) is 0 Å². The van der Waals surface area contributed by atoms with Gasteiger partial charge in [-0.3, -0.25) is 24.5 Å². The average Bonchev–Trinajstić information content (AvgIpc) is 2.95. The molecule has 0 aromatic heterocycles. The highest BCUT2D eigenvalue weighted by Gasteiger charge is 2.41. The number of amides is 3. The molecule has 10 nitrogen and oxygen atoms in total. The van der Waals surface area contributed by atoms with E-state index < -0.39 is 12.1 Å². The first-order valence-corrected chi connectivity index (χ1v) is 15.5. The predicted octanol–water partition coefficient (Wildman–Crippen LogP) is 3.28. The summed E-state index contributed by atoms with van der Waals surface area (Å²) in [6.07, 6.45) is 5.38. The third-order valence-corrected chi connectivity index (χ3v) is 7.81. The molecule has 1 heterocycles. The van der Waals surface area contributed by atoms with E-state index in [9.17, 15) is 19.5 Å². The number of aliphatic hydroxyl groups is 1. The first-order valence-electron chi connectivity index (χ1n) is 15.5. The van der Waals surface area contributed by atoms with Crippen molar-refractivity contribution in [2.24, 2.45) is 11.8 Å². The number of nitrogens with zero attached hydrogens (tertiary/aromatic N) is 1. The van der Waals surface area contributed by atoms with Crippen LogP contribution >= 0.6 is 0 Å². The number of carbonyl (C=O) groups is 3. The van der Waals surface area contributed by atoms with E-state index in [2.05, 4.69) is 25.7 Å². The maximum atomic E-state index is 13.4. The minimum Gasteiger partial charge on any atom is -0.390 e. The average molecular weight is 591 g/mol. The fourth-order valence-electron chi connectivity index (χ4n) is 5.71. The van der Waals surface area contributed by atoms with Gasteiger partial charge in [-0.25, -0.2) is 4.89 Å². The third-order valence-electron chi connectivity index (χ3n) is 7.81. The molecule has 0 bridgehead atoms. The highest BCUT2D eigenvalue weighted by molar-refractivity contribution is 5.84. The molecule has 5 N–H and O–H groups in total. The summed E-state index contributed by atoms with van der Waals surface area (Å²) in [5.74, 6) is 0.550. The number of nitrogens with one attached hydrogen (secondary N) is 3. The van der Waals surface area contributed by atoms with Crippen LogP contribution < -0.4 is 16.0 Å². The van der Waals surface area contributed by atoms with Crippen LogP contribution in [0.25, 0.3) is 0 Å². The van der Waals surface area contributed by atoms with Crippen molar-refractivity contribution in [2.45, 2.75) is 116 Å². The number of rotatable bonds is 11. The predicted molar refractivity (Wildman–Crippen MR) is 164 cm³/mol. The number of hydrogen-bond donors (Lipinski definition) is 5. The van der Waals surface area contributed by atoms with E-state index >= 15 is 0 Å². The van der Waals surface area contributed by atoms with Crippen LogP contribution in [0.1, 0.15) is 85.6 Å². The molecule has 1 aliphatic heterocycles. The van der Waals surface area contributed by atoms with Crippen molar-refractivity contribution in [1.82, 2.24) is 20.9 Å². The fraction of sp³-hybridized carbons (Fsp3) is 0.719. The topological polar surface area (TPSA) is 140 Å². The van der Waals surface area contributed by atoms with Crippen molar-refractivity contribution in [1.29, 1.82) is 0 Å². The minimum absolute atomic E-state index is 0.00893. The lowest BCUT2D eigenvalue weighted by molar-refractivity contribution is -0.269. The molecular formula is C32H54N4O6. The molecular weight excluding hydrogens is 536 g/mol. The summed E-state index contributed by atoms with van der Waals surface area (Å²) in [5, 5.41) is 27.8. The van der Waals surface area contributed by atoms with Crippen molar-refractivity contribution in [2.75, 3.05) is 19.6 Å². The Bertz CT molecular complexity index is 968. The second-order valence-corrected chi connectivity index (χ2v) is 13.0. The van der Waals surface area contributed by atoms with E-state index in [-0.39, 0.29) is 42.0 Å². The van der Waals surface area contributed by atoms with Gasteiger partial charge in [0.25, 0.3) is 0 Å². The van der Waals surface area contributed by atoms with Crippen LogP contribution in [-0.4, -0.2) is 82.5 Å². The fourth-order valence-corrected chi connectivity index (χ4v) is 5.71. The standard InChI is InChI=1S/C29H46N4O4.C3H8O2/c1-5-26(35)30-17-27(36)31-23(15-20-11-7-6-8-12-20)25(34)19-33-18-22-14-10-9-13-21(22)16-24(33)28(37)32-29(2,3)4;1-3(2)5-4/h6-8,11-12,21-25,34H,5,9-10,13-19H2,1-4H3,(H,30,35)(H,31,36)(H,32,37);3-4H,1-2H3. The smallest absolute Gasteiger partial charge is 0.239 e. The Morgan fingerprint density at radius 3 is 2.24 bits per heavy atom. The summed E-state index contributed by atoms with van der Waals surface area (Å²) in [4.78, 5) is 43.5. The molecule has 5 atom stereocenters. The first-order chi connectivity index (χ1) is 19.8. The molecule has 1 aromatic carbocycles. The number of β-amino-alcohol motifs (C(OH)–C–C–N with tert-alkyl or cyclic N) is 1. The lowest BCUT2D eigenvalue weighted by atomic mass is 9.72. The zero-order chi connectivity index (χ0) is 31.3. The molecule has 10 heteroatoms. The quantitative estimate of drug-likeness (QED) is 0.197. The Morgan fingerprint density at radius 2 is 1.67 bits per heavy atom. The van der Waals surface area contributed by atoms with Crippen LogP contribution in [0.2, 0.25) is 0 Å². The maximum Gasteiger partial charge on any atom is 0.239 e. The number of benzene rings is 1. The molecule has 42 heavy (non-hydrogen) atoms. The molecule has 1 saturated heterocycles. The van der Waals surface area contributed by atoms with Gasteiger partial charge in [0.1, 0.15) is 0 Å². The van der Waals surface area contributed by atoms with Gasteiger partial charge >= 0.3 is 0 Å². The molecule has 2 aliphatic rings. The van der Waals surface area contributed by atoms with Crippen LogP contribution in [0, 0.1) is 11.8 Å². The SMILES string of the molecule is CC(C)OO.CCC(=O)NCC(=O)NC(Cc1ccccc1)C(O)CN1CC2CCCCC2CC1C(=O)NC(C)(C)C. The lowest BCUT2D eigenvalue weighted by Crippen LogP contribution is -2.60. The zero-order valence-electron chi connectivity index (χ0n) is 26.4. The molecule has 1 aromatic rings. The number of carbonyl (C=O) groups excluding carboxylic acids is 3. The van der Waals surface area contributed by atoms with E-state index in [4.69, 9.17) is 5.26 Å². The van der Waals surface area contributed by atoms with Crippen LogP contribution in [-0.2, 0) is 25.7 Å². The maximum absolute atomic E-state index is 13.4. The third kappa shape index (κ3) is 12.8. The van der Waals surface area contributed by atoms with E-state index in [0.29, 0.717) is 31.2 Å². The number of fused-ring (bicyclic) bond motifs is 1. The van der Waals surface area contributed by atoms with Gasteiger partial charge in [0.2, 0.25) is 17.7 Å². The molecule has 238 valence electrons. The monoisotopic (exact) mass is 590 g/mol. The van der Waals surface area contributed by atoms with Gasteiger partial charge < -0.3 is 21.1 Å². The Balaban J connectivity index is 0.00000113. The van der Waals surface area contributed by atoms with Gasteiger partial charge in [-0.15, -0.1) is 0 Å². The van der Waals surface area contributed by atoms with E-state index in [0.717, 1.165) is 31.4 Å².